The fourth-order valence-electron chi connectivity index (χ4n) is 1.41. The van der Waals surface area contributed by atoms with E-state index in [2.05, 4.69) is 15.9 Å². The average molecular weight is 331 g/mol. The van der Waals surface area contributed by atoms with E-state index in [4.69, 9.17) is 5.73 Å². The number of hydrogen-bond acceptors (Lipinski definition) is 3. The second-order valence-corrected chi connectivity index (χ2v) is 6.22. The molecule has 0 saturated carbocycles. The monoisotopic (exact) mass is 330 g/mol. The van der Waals surface area contributed by atoms with E-state index in [-0.39, 0.29) is 11.9 Å². The molecule has 1 aromatic rings. The van der Waals surface area contributed by atoms with E-state index in [9.17, 15) is 4.79 Å². The van der Waals surface area contributed by atoms with Crippen molar-refractivity contribution in [1.29, 1.82) is 0 Å². The number of nitrogens with zero attached hydrogens (tertiary/aromatic N) is 1. The van der Waals surface area contributed by atoms with Gasteiger partial charge in [0.25, 0.3) is 0 Å². The maximum absolute atomic E-state index is 11.9. The van der Waals surface area contributed by atoms with E-state index in [1.54, 1.807) is 16.7 Å². The molecular weight excluding hydrogens is 312 g/mol. The van der Waals surface area contributed by atoms with Gasteiger partial charge >= 0.3 is 0 Å². The lowest BCUT2D eigenvalue weighted by Gasteiger charge is -2.18. The molecular formula is C13H19BrN2OS. The molecule has 0 aromatic heterocycles. The number of thioether (sulfide) groups is 1. The third kappa shape index (κ3) is 5.42. The van der Waals surface area contributed by atoms with Crippen LogP contribution in [0.15, 0.2) is 28.7 Å². The molecule has 1 unspecified atom stereocenters. The number of halogens is 1. The summed E-state index contributed by atoms with van der Waals surface area (Å²) >= 11 is 5.07. The van der Waals surface area contributed by atoms with Gasteiger partial charge in [-0.25, -0.2) is 0 Å². The minimum Gasteiger partial charge on any atom is -0.341 e. The van der Waals surface area contributed by atoms with Crippen LogP contribution in [0.3, 0.4) is 0 Å². The summed E-state index contributed by atoms with van der Waals surface area (Å²) in [7, 11) is 1.83. The fourth-order valence-corrected chi connectivity index (χ4v) is 2.71. The Balaban J connectivity index is 2.43. The SMILES string of the molecule is CC(N)CSCC(=O)N(C)Cc1ccccc1Br. The standard InChI is InChI=1S/C13H19BrN2OS/c1-10(15)8-18-9-13(17)16(2)7-11-5-3-4-6-12(11)14/h3-6,10H,7-9,15H2,1-2H3. The predicted molar refractivity (Wildman–Crippen MR) is 81.6 cm³/mol. The van der Waals surface area contributed by atoms with Crippen LogP contribution in [0.25, 0.3) is 0 Å². The fraction of sp³-hybridized carbons (Fsp3) is 0.462. The molecule has 1 atom stereocenters. The second kappa shape index (κ2) is 7.81. The molecule has 0 aliphatic carbocycles. The van der Waals surface area contributed by atoms with Crippen molar-refractivity contribution < 1.29 is 4.79 Å². The molecule has 0 aliphatic heterocycles. The zero-order valence-electron chi connectivity index (χ0n) is 10.7. The average Bonchev–Trinajstić information content (AvgIpc) is 2.31. The number of carbonyl (C=O) groups is 1. The van der Waals surface area contributed by atoms with Gasteiger partial charge in [0.1, 0.15) is 0 Å². The Morgan fingerprint density at radius 1 is 1.50 bits per heavy atom. The summed E-state index contributed by atoms with van der Waals surface area (Å²) in [5.41, 5.74) is 6.76. The zero-order valence-corrected chi connectivity index (χ0v) is 13.1. The Kier molecular flexibility index (Phi) is 6.75. The third-order valence-electron chi connectivity index (χ3n) is 2.40. The van der Waals surface area contributed by atoms with Crippen LogP contribution in [-0.4, -0.2) is 35.4 Å². The molecule has 0 spiro atoms. The lowest BCUT2D eigenvalue weighted by Crippen LogP contribution is -2.29. The molecule has 2 N–H and O–H groups in total. The van der Waals surface area contributed by atoms with Gasteiger partial charge in [-0.1, -0.05) is 34.1 Å². The Morgan fingerprint density at radius 2 is 2.17 bits per heavy atom. The van der Waals surface area contributed by atoms with Gasteiger partial charge in [0.2, 0.25) is 5.91 Å². The van der Waals surface area contributed by atoms with Crippen molar-refractivity contribution in [3.05, 3.63) is 34.3 Å². The molecule has 0 aliphatic rings. The van der Waals surface area contributed by atoms with Crippen LogP contribution >= 0.6 is 27.7 Å². The summed E-state index contributed by atoms with van der Waals surface area (Å²) in [6.07, 6.45) is 0. The zero-order chi connectivity index (χ0) is 13.5. The molecule has 1 aromatic carbocycles. The van der Waals surface area contributed by atoms with Crippen molar-refractivity contribution in [3.63, 3.8) is 0 Å². The Morgan fingerprint density at radius 3 is 2.78 bits per heavy atom. The lowest BCUT2D eigenvalue weighted by molar-refractivity contribution is -0.127. The van der Waals surface area contributed by atoms with Crippen LogP contribution in [0.1, 0.15) is 12.5 Å². The Hall–Kier alpha value is -0.520. The first kappa shape index (κ1) is 15.5. The van der Waals surface area contributed by atoms with Gasteiger partial charge in [0.05, 0.1) is 5.75 Å². The first-order chi connectivity index (χ1) is 8.50. The molecule has 1 rings (SSSR count). The van der Waals surface area contributed by atoms with Crippen molar-refractivity contribution in [2.24, 2.45) is 5.73 Å². The molecule has 3 nitrogen and oxygen atoms in total. The number of benzene rings is 1. The Bertz CT molecular complexity index is 398. The molecule has 18 heavy (non-hydrogen) atoms. The molecule has 0 saturated heterocycles. The van der Waals surface area contributed by atoms with Crippen molar-refractivity contribution >= 4 is 33.6 Å². The molecule has 5 heteroatoms. The van der Waals surface area contributed by atoms with Gasteiger partial charge in [-0.05, 0) is 18.6 Å². The first-order valence-electron chi connectivity index (χ1n) is 5.81. The highest BCUT2D eigenvalue weighted by Crippen LogP contribution is 2.17. The van der Waals surface area contributed by atoms with E-state index in [0.29, 0.717) is 12.3 Å². The summed E-state index contributed by atoms with van der Waals surface area (Å²) in [6, 6.07) is 8.08. The topological polar surface area (TPSA) is 46.3 Å². The van der Waals surface area contributed by atoms with Crippen LogP contribution in [0, 0.1) is 0 Å². The quantitative estimate of drug-likeness (QED) is 0.871. The molecule has 0 bridgehead atoms. The van der Waals surface area contributed by atoms with Crippen LogP contribution in [-0.2, 0) is 11.3 Å². The highest BCUT2D eigenvalue weighted by Gasteiger charge is 2.11. The van der Waals surface area contributed by atoms with Crippen molar-refractivity contribution in [3.8, 4) is 0 Å². The van der Waals surface area contributed by atoms with E-state index in [1.807, 2.05) is 38.2 Å². The first-order valence-corrected chi connectivity index (χ1v) is 7.76. The number of hydrogen-bond donors (Lipinski definition) is 1. The summed E-state index contributed by atoms with van der Waals surface area (Å²) in [6.45, 7) is 2.57. The summed E-state index contributed by atoms with van der Waals surface area (Å²) < 4.78 is 1.04. The summed E-state index contributed by atoms with van der Waals surface area (Å²) in [5.74, 6) is 1.44. The van der Waals surface area contributed by atoms with E-state index >= 15 is 0 Å². The molecule has 0 fully saturated rings. The van der Waals surface area contributed by atoms with Crippen LogP contribution in [0.4, 0.5) is 0 Å². The Labute approximate surface area is 121 Å². The van der Waals surface area contributed by atoms with Crippen molar-refractivity contribution in [1.82, 2.24) is 4.90 Å². The van der Waals surface area contributed by atoms with Crippen LogP contribution in [0.5, 0.6) is 0 Å². The number of amides is 1. The molecule has 0 heterocycles. The maximum atomic E-state index is 11.9. The third-order valence-corrected chi connectivity index (χ3v) is 4.38. The summed E-state index contributed by atoms with van der Waals surface area (Å²) in [5, 5.41) is 0. The minimum absolute atomic E-state index is 0.136. The van der Waals surface area contributed by atoms with Gasteiger partial charge in [0.15, 0.2) is 0 Å². The summed E-state index contributed by atoms with van der Waals surface area (Å²) in [4.78, 5) is 13.6. The smallest absolute Gasteiger partial charge is 0.232 e. The molecule has 100 valence electrons. The van der Waals surface area contributed by atoms with E-state index in [0.717, 1.165) is 15.8 Å². The number of nitrogens with two attached hydrogens (primary N) is 1. The van der Waals surface area contributed by atoms with Gasteiger partial charge in [0, 0.05) is 29.9 Å². The molecule has 1 amide bonds. The molecule has 0 radical (unpaired) electrons. The number of rotatable bonds is 6. The minimum atomic E-state index is 0.136. The highest BCUT2D eigenvalue weighted by molar-refractivity contribution is 9.10. The van der Waals surface area contributed by atoms with Crippen molar-refractivity contribution in [2.45, 2.75) is 19.5 Å². The van der Waals surface area contributed by atoms with Gasteiger partial charge in [-0.15, -0.1) is 0 Å². The van der Waals surface area contributed by atoms with Gasteiger partial charge < -0.3 is 10.6 Å². The predicted octanol–water partition coefficient (Wildman–Crippen LogP) is 2.49. The highest BCUT2D eigenvalue weighted by atomic mass is 79.9. The largest absolute Gasteiger partial charge is 0.341 e. The van der Waals surface area contributed by atoms with Crippen LogP contribution in [0.2, 0.25) is 0 Å². The van der Waals surface area contributed by atoms with E-state index in [1.165, 1.54) is 0 Å². The van der Waals surface area contributed by atoms with Gasteiger partial charge in [-0.3, -0.25) is 4.79 Å². The lowest BCUT2D eigenvalue weighted by atomic mass is 10.2. The second-order valence-electron chi connectivity index (χ2n) is 4.33. The van der Waals surface area contributed by atoms with Crippen molar-refractivity contribution in [2.75, 3.05) is 18.6 Å². The van der Waals surface area contributed by atoms with Gasteiger partial charge in [-0.2, -0.15) is 11.8 Å². The maximum Gasteiger partial charge on any atom is 0.232 e. The van der Waals surface area contributed by atoms with E-state index < -0.39 is 0 Å². The normalized spacial score (nSPS) is 12.2. The van der Waals surface area contributed by atoms with Crippen LogP contribution < -0.4 is 5.73 Å². The number of carbonyl (C=O) groups excluding carboxylic acids is 1.